The summed E-state index contributed by atoms with van der Waals surface area (Å²) in [4.78, 5) is 33.4. The van der Waals surface area contributed by atoms with E-state index in [1.807, 2.05) is 55.5 Å². The maximum absolute atomic E-state index is 13.8. The average molecular weight is 575 g/mol. The van der Waals surface area contributed by atoms with Crippen LogP contribution in [0.2, 0.25) is 0 Å². The van der Waals surface area contributed by atoms with Gasteiger partial charge in [-0.25, -0.2) is 10.4 Å². The van der Waals surface area contributed by atoms with E-state index < -0.39 is 0 Å². The lowest BCUT2D eigenvalue weighted by Gasteiger charge is -2.13. The van der Waals surface area contributed by atoms with Crippen molar-refractivity contribution in [1.82, 2.24) is 15.0 Å². The Hall–Kier alpha value is -3.43. The molecule has 0 fully saturated rings. The molecule has 0 radical (unpaired) electrons. The van der Waals surface area contributed by atoms with Crippen molar-refractivity contribution in [2.45, 2.75) is 63.9 Å². The van der Waals surface area contributed by atoms with Gasteiger partial charge in [-0.1, -0.05) is 49.2 Å². The van der Waals surface area contributed by atoms with Crippen LogP contribution in [0.5, 0.6) is 5.75 Å². The number of fused-ring (bicyclic) bond motifs is 3. The third kappa shape index (κ3) is 6.64. The summed E-state index contributed by atoms with van der Waals surface area (Å²) in [6.45, 7) is 4.89. The molecule has 0 saturated carbocycles. The van der Waals surface area contributed by atoms with E-state index in [0.29, 0.717) is 11.8 Å². The molecule has 5 rings (SSSR count). The second-order valence-electron chi connectivity index (χ2n) is 9.97. The summed E-state index contributed by atoms with van der Waals surface area (Å²) < 4.78 is 7.39. The Morgan fingerprint density at radius 3 is 2.67 bits per heavy atom. The van der Waals surface area contributed by atoms with Crippen LogP contribution in [0.15, 0.2) is 63.6 Å². The first-order valence-electron chi connectivity index (χ1n) is 13.9. The molecule has 1 amide bonds. The van der Waals surface area contributed by atoms with Gasteiger partial charge >= 0.3 is 0 Å². The van der Waals surface area contributed by atoms with Crippen LogP contribution in [0.4, 0.5) is 0 Å². The Morgan fingerprint density at radius 1 is 1.12 bits per heavy atom. The number of carbonyl (C=O) groups excluding carboxylic acids is 1. The number of carbonyl (C=O) groups is 1. The molecule has 208 valence electrons. The van der Waals surface area contributed by atoms with Crippen molar-refractivity contribution in [2.75, 3.05) is 12.4 Å². The SMILES string of the molecule is CCCCCOc1ccc(C=NNC(=O)CSc2nc3sc4c(c3c(=O)n2-c2ccc(C)cc2)CCCC4)cc1. The minimum Gasteiger partial charge on any atom is -0.494 e. The highest BCUT2D eigenvalue weighted by atomic mass is 32.2. The fourth-order valence-corrected chi connectivity index (χ4v) is 6.85. The molecule has 1 aliphatic carbocycles. The van der Waals surface area contributed by atoms with Crippen molar-refractivity contribution in [2.24, 2.45) is 5.10 Å². The number of benzene rings is 2. The fourth-order valence-electron chi connectivity index (χ4n) is 4.74. The van der Waals surface area contributed by atoms with Crippen molar-refractivity contribution in [3.63, 3.8) is 0 Å². The van der Waals surface area contributed by atoms with E-state index in [1.165, 1.54) is 16.6 Å². The van der Waals surface area contributed by atoms with Gasteiger partial charge in [0.15, 0.2) is 5.16 Å². The van der Waals surface area contributed by atoms with Crippen molar-refractivity contribution in [1.29, 1.82) is 0 Å². The zero-order valence-corrected chi connectivity index (χ0v) is 24.6. The maximum Gasteiger partial charge on any atom is 0.267 e. The molecule has 0 spiro atoms. The van der Waals surface area contributed by atoms with E-state index in [-0.39, 0.29) is 17.2 Å². The molecular formula is C31H34N4O3S2. The molecule has 0 aliphatic heterocycles. The highest BCUT2D eigenvalue weighted by Crippen LogP contribution is 2.35. The Balaban J connectivity index is 1.28. The quantitative estimate of drug-likeness (QED) is 0.0732. The zero-order valence-electron chi connectivity index (χ0n) is 22.9. The smallest absolute Gasteiger partial charge is 0.267 e. The van der Waals surface area contributed by atoms with E-state index in [2.05, 4.69) is 17.5 Å². The van der Waals surface area contributed by atoms with E-state index in [9.17, 15) is 9.59 Å². The Bertz CT molecular complexity index is 1560. The molecule has 9 heteroatoms. The van der Waals surface area contributed by atoms with Gasteiger partial charge in [-0.05, 0) is 86.6 Å². The Labute approximate surface area is 242 Å². The van der Waals surface area contributed by atoms with Crippen LogP contribution in [0, 0.1) is 6.92 Å². The molecule has 0 atom stereocenters. The summed E-state index contributed by atoms with van der Waals surface area (Å²) >= 11 is 2.86. The predicted molar refractivity (Wildman–Crippen MR) is 165 cm³/mol. The van der Waals surface area contributed by atoms with Crippen LogP contribution in [-0.2, 0) is 17.6 Å². The van der Waals surface area contributed by atoms with Crippen molar-refractivity contribution >= 4 is 45.4 Å². The predicted octanol–water partition coefficient (Wildman–Crippen LogP) is 6.45. The first kappa shape index (κ1) is 28.1. The molecule has 2 aromatic carbocycles. The molecule has 0 bridgehead atoms. The number of hydrazone groups is 1. The topological polar surface area (TPSA) is 85.6 Å². The third-order valence-corrected chi connectivity index (χ3v) is 9.01. The number of amides is 1. The molecule has 40 heavy (non-hydrogen) atoms. The molecular weight excluding hydrogens is 541 g/mol. The lowest BCUT2D eigenvalue weighted by molar-refractivity contribution is -0.118. The molecule has 4 aromatic rings. The zero-order chi connectivity index (χ0) is 27.9. The van der Waals surface area contributed by atoms with Gasteiger partial charge in [-0.3, -0.25) is 14.2 Å². The van der Waals surface area contributed by atoms with Crippen molar-refractivity contribution in [3.05, 3.63) is 80.5 Å². The van der Waals surface area contributed by atoms with E-state index in [1.54, 1.807) is 22.1 Å². The maximum atomic E-state index is 13.8. The number of ether oxygens (including phenoxy) is 1. The van der Waals surface area contributed by atoms with Gasteiger partial charge in [0.1, 0.15) is 10.6 Å². The summed E-state index contributed by atoms with van der Waals surface area (Å²) in [6, 6.07) is 15.4. The molecule has 0 unspecified atom stereocenters. The Kier molecular flexibility index (Phi) is 9.34. The Morgan fingerprint density at radius 2 is 1.90 bits per heavy atom. The summed E-state index contributed by atoms with van der Waals surface area (Å²) in [5.74, 6) is 0.633. The second-order valence-corrected chi connectivity index (χ2v) is 12.0. The monoisotopic (exact) mass is 574 g/mol. The van der Waals surface area contributed by atoms with Gasteiger partial charge in [-0.15, -0.1) is 11.3 Å². The first-order valence-corrected chi connectivity index (χ1v) is 15.7. The first-order chi connectivity index (χ1) is 19.5. The summed E-state index contributed by atoms with van der Waals surface area (Å²) in [7, 11) is 0. The van der Waals surface area contributed by atoms with Crippen LogP contribution in [0.1, 0.15) is 60.6 Å². The van der Waals surface area contributed by atoms with Gasteiger partial charge in [-0.2, -0.15) is 5.10 Å². The van der Waals surface area contributed by atoms with Gasteiger partial charge in [0.05, 0.1) is 29.6 Å². The molecule has 1 N–H and O–H groups in total. The average Bonchev–Trinajstić information content (AvgIpc) is 3.34. The van der Waals surface area contributed by atoms with E-state index in [0.717, 1.165) is 83.3 Å². The van der Waals surface area contributed by atoms with Crippen LogP contribution in [-0.4, -0.2) is 34.0 Å². The lowest BCUT2D eigenvalue weighted by atomic mass is 9.97. The molecule has 7 nitrogen and oxygen atoms in total. The number of hydrogen-bond acceptors (Lipinski definition) is 7. The van der Waals surface area contributed by atoms with Crippen molar-refractivity contribution in [3.8, 4) is 11.4 Å². The minimum atomic E-state index is -0.271. The van der Waals surface area contributed by atoms with E-state index >= 15 is 0 Å². The number of aromatic nitrogens is 2. The van der Waals surface area contributed by atoms with Gasteiger partial charge in [0, 0.05) is 4.88 Å². The summed E-state index contributed by atoms with van der Waals surface area (Å²) in [5, 5.41) is 5.35. The fraction of sp³-hybridized carbons (Fsp3) is 0.355. The van der Waals surface area contributed by atoms with Crippen LogP contribution in [0.3, 0.4) is 0 Å². The van der Waals surface area contributed by atoms with Gasteiger partial charge in [0.2, 0.25) is 0 Å². The van der Waals surface area contributed by atoms with Crippen molar-refractivity contribution < 1.29 is 9.53 Å². The van der Waals surface area contributed by atoms with Gasteiger partial charge < -0.3 is 4.74 Å². The molecule has 2 heterocycles. The number of thioether (sulfide) groups is 1. The second kappa shape index (κ2) is 13.3. The number of unbranched alkanes of at least 4 members (excludes halogenated alkanes) is 2. The highest BCUT2D eigenvalue weighted by molar-refractivity contribution is 7.99. The number of aryl methyl sites for hydroxylation is 3. The highest BCUT2D eigenvalue weighted by Gasteiger charge is 2.23. The molecule has 0 saturated heterocycles. The van der Waals surface area contributed by atoms with Crippen LogP contribution in [0.25, 0.3) is 15.9 Å². The number of rotatable bonds is 11. The molecule has 2 aromatic heterocycles. The van der Waals surface area contributed by atoms with E-state index in [4.69, 9.17) is 9.72 Å². The number of hydrogen-bond donors (Lipinski definition) is 1. The summed E-state index contributed by atoms with van der Waals surface area (Å²) in [5.41, 5.74) is 6.40. The number of nitrogens with zero attached hydrogens (tertiary/aromatic N) is 3. The number of thiophene rings is 1. The summed E-state index contributed by atoms with van der Waals surface area (Å²) in [6.07, 6.45) is 9.13. The largest absolute Gasteiger partial charge is 0.494 e. The normalized spacial score (nSPS) is 13.1. The van der Waals surface area contributed by atoms with Crippen LogP contribution >= 0.6 is 23.1 Å². The lowest BCUT2D eigenvalue weighted by Crippen LogP contribution is -2.24. The molecule has 1 aliphatic rings. The third-order valence-electron chi connectivity index (χ3n) is 6.88. The standard InChI is InChI=1S/C31H34N4O3S2/c1-3-4-7-18-38-24-16-12-22(13-17-24)19-32-34-27(36)20-39-31-33-29-28(25-8-5-6-9-26(25)40-29)30(37)35(31)23-14-10-21(2)11-15-23/h10-17,19H,3-9,18,20H2,1-2H3,(H,34,36). The number of nitrogens with one attached hydrogen (secondary N) is 1. The minimum absolute atomic E-state index is 0.0630. The van der Waals surface area contributed by atoms with Gasteiger partial charge in [0.25, 0.3) is 11.5 Å². The van der Waals surface area contributed by atoms with Crippen LogP contribution < -0.4 is 15.7 Å².